The van der Waals surface area contributed by atoms with Gasteiger partial charge in [-0.3, -0.25) is 0 Å². The Hall–Kier alpha value is -3.52. The lowest BCUT2D eigenvalue weighted by molar-refractivity contribution is 0.0526. The largest absolute Gasteiger partial charge is 0.507 e. The van der Waals surface area contributed by atoms with Crippen molar-refractivity contribution in [1.29, 1.82) is 0 Å². The summed E-state index contributed by atoms with van der Waals surface area (Å²) in [7, 11) is -3.73. The van der Waals surface area contributed by atoms with Crippen molar-refractivity contribution >= 4 is 22.1 Å². The van der Waals surface area contributed by atoms with E-state index in [0.29, 0.717) is 49.9 Å². The van der Waals surface area contributed by atoms with Crippen LogP contribution >= 0.6 is 0 Å². The maximum Gasteiger partial charge on any atom is 0.338 e. The standard InChI is InChI=1S/C43H58O3Si2/c1-14-46-43(45)39-27-40(37-19-15-35(16-20-37)23-25-47(29(2)3,30(4)5)31(6)7)42(44)41(28-39)38-21-17-36(18-22-38)24-26-48(32(8)9,33(10)11)34(12)13/h15-22,27-34,44H,14H2,1-13H3. The Bertz CT molecular complexity index is 1510. The minimum absolute atomic E-state index is 0.123. The Morgan fingerprint density at radius 2 is 0.917 bits per heavy atom. The van der Waals surface area contributed by atoms with E-state index in [9.17, 15) is 9.90 Å². The second kappa shape index (κ2) is 16.3. The average molecular weight is 679 g/mol. The summed E-state index contributed by atoms with van der Waals surface area (Å²) >= 11 is 0. The van der Waals surface area contributed by atoms with Crippen molar-refractivity contribution in [3.63, 3.8) is 0 Å². The minimum atomic E-state index is -1.86. The molecule has 0 unspecified atom stereocenters. The molecular weight excluding hydrogens is 621 g/mol. The van der Waals surface area contributed by atoms with Crippen LogP contribution in [0.15, 0.2) is 60.7 Å². The summed E-state index contributed by atoms with van der Waals surface area (Å²) in [6, 6.07) is 19.4. The summed E-state index contributed by atoms with van der Waals surface area (Å²) in [6.45, 7) is 29.9. The number of aromatic hydroxyl groups is 1. The molecule has 0 saturated carbocycles. The van der Waals surface area contributed by atoms with Gasteiger partial charge in [-0.05, 0) is 87.7 Å². The first kappa shape index (κ1) is 38.9. The molecule has 0 radical (unpaired) electrons. The summed E-state index contributed by atoms with van der Waals surface area (Å²) in [5.41, 5.74) is 16.0. The van der Waals surface area contributed by atoms with Gasteiger partial charge >= 0.3 is 5.97 Å². The predicted molar refractivity (Wildman–Crippen MR) is 211 cm³/mol. The molecule has 0 aliphatic heterocycles. The fraction of sp³-hybridized carbons (Fsp3) is 0.465. The highest BCUT2D eigenvalue weighted by Crippen LogP contribution is 2.43. The van der Waals surface area contributed by atoms with Crippen LogP contribution in [0.4, 0.5) is 0 Å². The zero-order chi connectivity index (χ0) is 36.0. The first-order chi connectivity index (χ1) is 22.5. The highest BCUT2D eigenvalue weighted by molar-refractivity contribution is 6.91. The van der Waals surface area contributed by atoms with Crippen LogP contribution in [0.25, 0.3) is 22.3 Å². The molecule has 0 heterocycles. The molecule has 48 heavy (non-hydrogen) atoms. The average Bonchev–Trinajstić information content (AvgIpc) is 3.01. The molecule has 0 spiro atoms. The molecule has 3 rings (SSSR count). The van der Waals surface area contributed by atoms with Gasteiger partial charge in [0.25, 0.3) is 0 Å². The third-order valence-corrected chi connectivity index (χ3v) is 23.2. The van der Waals surface area contributed by atoms with Gasteiger partial charge in [-0.25, -0.2) is 4.79 Å². The van der Waals surface area contributed by atoms with Gasteiger partial charge in [-0.15, -0.1) is 11.1 Å². The smallest absolute Gasteiger partial charge is 0.338 e. The number of hydrogen-bond donors (Lipinski definition) is 1. The first-order valence-electron chi connectivity index (χ1n) is 17.8. The van der Waals surface area contributed by atoms with Crippen LogP contribution in [0.3, 0.4) is 0 Å². The van der Waals surface area contributed by atoms with Gasteiger partial charge < -0.3 is 9.84 Å². The molecule has 0 aliphatic carbocycles. The van der Waals surface area contributed by atoms with Crippen LogP contribution in [-0.2, 0) is 4.74 Å². The zero-order valence-electron chi connectivity index (χ0n) is 31.7. The first-order valence-corrected chi connectivity index (χ1v) is 22.3. The van der Waals surface area contributed by atoms with Gasteiger partial charge in [-0.2, -0.15) is 0 Å². The van der Waals surface area contributed by atoms with Gasteiger partial charge in [0.1, 0.15) is 21.9 Å². The summed E-state index contributed by atoms with van der Waals surface area (Å²) in [6.07, 6.45) is 0. The monoisotopic (exact) mass is 678 g/mol. The molecule has 1 N–H and O–H groups in total. The van der Waals surface area contributed by atoms with Crippen LogP contribution in [-0.4, -0.2) is 33.8 Å². The van der Waals surface area contributed by atoms with E-state index >= 15 is 0 Å². The lowest BCUT2D eigenvalue weighted by Gasteiger charge is -2.38. The molecule has 0 aliphatic rings. The fourth-order valence-electron chi connectivity index (χ4n) is 8.10. The minimum Gasteiger partial charge on any atom is -0.507 e. The topological polar surface area (TPSA) is 46.5 Å². The second-order valence-electron chi connectivity index (χ2n) is 15.1. The summed E-state index contributed by atoms with van der Waals surface area (Å²) in [5, 5.41) is 11.7. The Labute approximate surface area is 293 Å². The summed E-state index contributed by atoms with van der Waals surface area (Å²) < 4.78 is 5.38. The molecule has 0 saturated heterocycles. The van der Waals surface area contributed by atoms with E-state index in [1.807, 2.05) is 48.5 Å². The van der Waals surface area contributed by atoms with Crippen molar-refractivity contribution in [3.8, 4) is 50.9 Å². The van der Waals surface area contributed by atoms with Crippen LogP contribution in [0, 0.1) is 22.9 Å². The van der Waals surface area contributed by atoms with Crippen molar-refractivity contribution in [1.82, 2.24) is 0 Å². The summed E-state index contributed by atoms with van der Waals surface area (Å²) in [4.78, 5) is 13.0. The van der Waals surface area contributed by atoms with E-state index in [1.54, 1.807) is 19.1 Å². The van der Waals surface area contributed by atoms with Crippen LogP contribution in [0.2, 0.25) is 33.2 Å². The normalized spacial score (nSPS) is 12.1. The Balaban J connectivity index is 2.09. The molecular formula is C43H58O3Si2. The Morgan fingerprint density at radius 1 is 0.604 bits per heavy atom. The number of carbonyl (C=O) groups is 1. The SMILES string of the molecule is CCOC(=O)c1cc(-c2ccc(C#C[Si](C(C)C)(C(C)C)C(C)C)cc2)c(O)c(-c2ccc(C#C[Si](C(C)C)(C(C)C)C(C)C)cc2)c1. The van der Waals surface area contributed by atoms with Gasteiger partial charge in [0, 0.05) is 22.3 Å². The summed E-state index contributed by atoms with van der Waals surface area (Å²) in [5.74, 6) is 6.74. The third-order valence-electron chi connectivity index (χ3n) is 10.6. The number of benzene rings is 3. The number of rotatable bonds is 10. The molecule has 0 atom stereocenters. The van der Waals surface area contributed by atoms with Crippen LogP contribution in [0.1, 0.15) is 111 Å². The number of carbonyl (C=O) groups excluding carboxylic acids is 1. The van der Waals surface area contributed by atoms with Crippen molar-refractivity contribution < 1.29 is 14.6 Å². The third kappa shape index (κ3) is 8.02. The number of hydrogen-bond acceptors (Lipinski definition) is 3. The van der Waals surface area contributed by atoms with E-state index in [2.05, 4.69) is 106 Å². The highest BCUT2D eigenvalue weighted by Gasteiger charge is 2.42. The lowest BCUT2D eigenvalue weighted by Crippen LogP contribution is -2.43. The molecule has 3 nitrogen and oxygen atoms in total. The fourth-order valence-corrected chi connectivity index (χ4v) is 18.6. The highest BCUT2D eigenvalue weighted by atomic mass is 28.3. The maximum atomic E-state index is 13.0. The van der Waals surface area contributed by atoms with E-state index in [1.165, 1.54) is 0 Å². The van der Waals surface area contributed by atoms with Crippen molar-refractivity contribution in [3.05, 3.63) is 77.4 Å². The predicted octanol–water partition coefficient (Wildman–Crippen LogP) is 12.0. The number of phenols is 1. The van der Waals surface area contributed by atoms with Crippen molar-refractivity contribution in [2.75, 3.05) is 6.61 Å². The molecule has 5 heteroatoms. The van der Waals surface area contributed by atoms with Crippen molar-refractivity contribution in [2.24, 2.45) is 0 Å². The zero-order valence-corrected chi connectivity index (χ0v) is 33.7. The van der Waals surface area contributed by atoms with Crippen LogP contribution in [0.5, 0.6) is 5.75 Å². The quantitative estimate of drug-likeness (QED) is 0.132. The van der Waals surface area contributed by atoms with E-state index in [0.717, 1.165) is 22.3 Å². The maximum absolute atomic E-state index is 13.0. The molecule has 256 valence electrons. The Morgan fingerprint density at radius 3 is 1.19 bits per heavy atom. The van der Waals surface area contributed by atoms with E-state index in [-0.39, 0.29) is 12.4 Å². The number of phenolic OH excluding ortho intramolecular Hbond substituents is 1. The second-order valence-corrected chi connectivity index (χ2v) is 26.2. The molecule has 0 bridgehead atoms. The molecule has 3 aromatic carbocycles. The Kier molecular flexibility index (Phi) is 13.2. The molecule has 0 fully saturated rings. The van der Waals surface area contributed by atoms with E-state index < -0.39 is 22.1 Å². The number of esters is 1. The van der Waals surface area contributed by atoms with Crippen molar-refractivity contribution in [2.45, 2.75) is 123 Å². The van der Waals surface area contributed by atoms with Gasteiger partial charge in [0.05, 0.1) is 12.2 Å². The molecule has 0 amide bonds. The molecule has 3 aromatic rings. The van der Waals surface area contributed by atoms with Gasteiger partial charge in [0.15, 0.2) is 0 Å². The van der Waals surface area contributed by atoms with Crippen LogP contribution < -0.4 is 0 Å². The van der Waals surface area contributed by atoms with Gasteiger partial charge in [0.2, 0.25) is 0 Å². The molecule has 0 aromatic heterocycles. The van der Waals surface area contributed by atoms with E-state index in [4.69, 9.17) is 4.74 Å². The van der Waals surface area contributed by atoms with Gasteiger partial charge in [-0.1, -0.05) is 119 Å². The number of ether oxygens (including phenoxy) is 1. The lowest BCUT2D eigenvalue weighted by atomic mass is 9.93.